The fraction of sp³-hybridized carbons (Fsp3) is 0.500. The summed E-state index contributed by atoms with van der Waals surface area (Å²) < 4.78 is 77.8. The van der Waals surface area contributed by atoms with E-state index in [0.717, 1.165) is 6.33 Å². The number of fused-ring (bicyclic) bond motifs is 5. The molecule has 3 saturated heterocycles. The Hall–Kier alpha value is -3.35. The van der Waals surface area contributed by atoms with Crippen molar-refractivity contribution >= 4 is 44.8 Å². The second-order valence-electron chi connectivity index (χ2n) is 9.59. The molecule has 9 atom stereocenters. The van der Waals surface area contributed by atoms with Gasteiger partial charge in [-0.15, -0.1) is 0 Å². The molecule has 7 rings (SSSR count). The third-order valence-corrected chi connectivity index (χ3v) is 8.77. The lowest BCUT2D eigenvalue weighted by Gasteiger charge is -2.22. The molecule has 0 aliphatic carbocycles. The lowest BCUT2D eigenvalue weighted by Crippen LogP contribution is -2.33. The third kappa shape index (κ3) is 4.79. The number of rotatable bonds is 2. The van der Waals surface area contributed by atoms with Gasteiger partial charge in [0.25, 0.3) is 11.1 Å². The first-order valence-electron chi connectivity index (χ1n) is 12.5. The van der Waals surface area contributed by atoms with Gasteiger partial charge in [-0.05, 0) is 0 Å². The number of H-pyrrole nitrogens is 2. The Morgan fingerprint density at radius 3 is 2.43 bits per heavy atom. The van der Waals surface area contributed by atoms with Gasteiger partial charge in [0.15, 0.2) is 41.0 Å². The Morgan fingerprint density at radius 2 is 1.62 bits per heavy atom. The van der Waals surface area contributed by atoms with Gasteiger partial charge >= 0.3 is 16.5 Å². The molecule has 0 saturated carbocycles. The van der Waals surface area contributed by atoms with E-state index in [1.807, 2.05) is 0 Å². The summed E-state index contributed by atoms with van der Waals surface area (Å²) in [6.07, 6.45) is -4.90. The molecule has 3 aliphatic rings. The topological polar surface area (TPSA) is 243 Å². The SMILES string of the molecule is Nc1nc2c(ncn2[C@@H]2O[C@@H]3CO[PH](=O)O[C@H]4[C@H](F)[C@H](n5cnc6c(=O)[nH]cnc65)O[C@@H]4CO[PH](=O)O[C@@H]2C3)c(=O)[nH]1. The average Bonchev–Trinajstić information content (AvgIpc) is 3.72. The van der Waals surface area contributed by atoms with Gasteiger partial charge < -0.3 is 38.3 Å². The Labute approximate surface area is 233 Å². The maximum atomic E-state index is 15.7. The zero-order valence-electron chi connectivity index (χ0n) is 21.1. The van der Waals surface area contributed by atoms with Crippen LogP contribution in [0.5, 0.6) is 0 Å². The Kier molecular flexibility index (Phi) is 7.02. The molecule has 2 unspecified atom stereocenters. The lowest BCUT2D eigenvalue weighted by atomic mass is 10.1. The molecule has 4 N–H and O–H groups in total. The molecule has 0 aromatic carbocycles. The number of nitrogens with zero attached hydrogens (tertiary/aromatic N) is 6. The lowest BCUT2D eigenvalue weighted by molar-refractivity contribution is -0.0550. The molecule has 3 aliphatic heterocycles. The first-order valence-corrected chi connectivity index (χ1v) is 15.0. The number of anilines is 1. The van der Waals surface area contributed by atoms with Crippen molar-refractivity contribution in [2.24, 2.45) is 0 Å². The zero-order chi connectivity index (χ0) is 29.1. The smallest absolute Gasteiger partial charge is 0.319 e. The number of alkyl halides is 1. The summed E-state index contributed by atoms with van der Waals surface area (Å²) in [5.41, 5.74) is 4.69. The molecule has 19 nitrogen and oxygen atoms in total. The van der Waals surface area contributed by atoms with E-state index in [1.165, 1.54) is 21.8 Å². The van der Waals surface area contributed by atoms with Gasteiger partial charge in [0.1, 0.15) is 18.3 Å². The largest absolute Gasteiger partial charge is 0.369 e. The fourth-order valence-electron chi connectivity index (χ4n) is 5.16. The van der Waals surface area contributed by atoms with Crippen LogP contribution in [-0.4, -0.2) is 82.8 Å². The summed E-state index contributed by atoms with van der Waals surface area (Å²) in [6, 6.07) is 0. The number of nitrogen functional groups attached to an aromatic ring is 1. The highest BCUT2D eigenvalue weighted by Crippen LogP contribution is 2.44. The van der Waals surface area contributed by atoms with Crippen LogP contribution in [0.25, 0.3) is 22.3 Å². The van der Waals surface area contributed by atoms with Crippen LogP contribution >= 0.6 is 16.5 Å². The summed E-state index contributed by atoms with van der Waals surface area (Å²) in [4.78, 5) is 45.2. The number of nitrogens with one attached hydrogen (secondary N) is 2. The molecule has 4 aromatic heterocycles. The van der Waals surface area contributed by atoms with Crippen molar-refractivity contribution in [3.8, 4) is 0 Å². The van der Waals surface area contributed by atoms with Crippen LogP contribution in [0.1, 0.15) is 18.9 Å². The van der Waals surface area contributed by atoms with Gasteiger partial charge in [-0.1, -0.05) is 0 Å². The molecule has 22 heteroatoms. The summed E-state index contributed by atoms with van der Waals surface area (Å²) in [7, 11) is -6.57. The Bertz CT molecular complexity index is 1830. The van der Waals surface area contributed by atoms with Gasteiger partial charge in [-0.25, -0.2) is 19.3 Å². The van der Waals surface area contributed by atoms with Crippen molar-refractivity contribution in [2.75, 3.05) is 18.9 Å². The molecule has 7 heterocycles. The molecular formula is C20H22FN9O10P2. The number of aromatic amines is 2. The zero-order valence-corrected chi connectivity index (χ0v) is 23.1. The summed E-state index contributed by atoms with van der Waals surface area (Å²) in [5.74, 6) is -0.152. The second-order valence-corrected chi connectivity index (χ2v) is 11.6. The first-order chi connectivity index (χ1) is 20.3. The Balaban J connectivity index is 1.14. The molecule has 4 aromatic rings. The van der Waals surface area contributed by atoms with E-state index in [2.05, 4.69) is 29.9 Å². The number of ether oxygens (including phenoxy) is 2. The van der Waals surface area contributed by atoms with Crippen molar-refractivity contribution < 1.29 is 41.1 Å². The van der Waals surface area contributed by atoms with Crippen LogP contribution < -0.4 is 16.9 Å². The van der Waals surface area contributed by atoms with Crippen molar-refractivity contribution in [1.29, 1.82) is 0 Å². The third-order valence-electron chi connectivity index (χ3n) is 7.01. The van der Waals surface area contributed by atoms with E-state index < -0.39 is 77.3 Å². The quantitative estimate of drug-likeness (QED) is 0.246. The highest BCUT2D eigenvalue weighted by Gasteiger charge is 2.49. The summed E-state index contributed by atoms with van der Waals surface area (Å²) >= 11 is 0. The standard InChI is InChI=1S/C20H22FN9O10P2/c21-10-13-9(38-19(10)29-5-25-11-14(29)23-4-24-16(11)31)3-36-41(33)39-8-1-7(2-35-42(34)40-13)37-18(8)30-6-26-12-15(30)27-20(22)28-17(12)32/h4-10,13,18-19,41-42H,1-3H2,(H,23,24,31)(H3,22,27,28,32)/t7-,8+,9+,10-,13+,18+,19+/m0/s1. The Morgan fingerprint density at radius 1 is 0.905 bits per heavy atom. The van der Waals surface area contributed by atoms with Crippen molar-refractivity contribution in [1.82, 2.24) is 39.0 Å². The highest BCUT2D eigenvalue weighted by atomic mass is 31.1. The van der Waals surface area contributed by atoms with Gasteiger partial charge in [0.2, 0.25) is 5.95 Å². The molecule has 0 spiro atoms. The van der Waals surface area contributed by atoms with E-state index in [9.17, 15) is 18.7 Å². The van der Waals surface area contributed by atoms with E-state index in [4.69, 9.17) is 33.3 Å². The van der Waals surface area contributed by atoms with Crippen molar-refractivity contribution in [2.45, 2.75) is 49.5 Å². The van der Waals surface area contributed by atoms with Crippen LogP contribution in [0.4, 0.5) is 10.3 Å². The van der Waals surface area contributed by atoms with Crippen molar-refractivity contribution in [3.05, 3.63) is 39.7 Å². The van der Waals surface area contributed by atoms with Gasteiger partial charge in [0.05, 0.1) is 38.3 Å². The highest BCUT2D eigenvalue weighted by molar-refractivity contribution is 7.33. The van der Waals surface area contributed by atoms with Crippen molar-refractivity contribution in [3.63, 3.8) is 0 Å². The normalized spacial score (nSPS) is 34.2. The molecule has 3 fully saturated rings. The van der Waals surface area contributed by atoms with Crippen LogP contribution in [0.15, 0.2) is 28.6 Å². The molecular weight excluding hydrogens is 607 g/mol. The fourth-order valence-corrected chi connectivity index (χ4v) is 6.88. The molecule has 0 radical (unpaired) electrons. The van der Waals surface area contributed by atoms with Crippen LogP contribution in [0.3, 0.4) is 0 Å². The van der Waals surface area contributed by atoms with E-state index in [0.29, 0.717) is 0 Å². The predicted molar refractivity (Wildman–Crippen MR) is 138 cm³/mol. The number of hydrogen-bond acceptors (Lipinski definition) is 15. The molecule has 0 amide bonds. The minimum Gasteiger partial charge on any atom is -0.369 e. The van der Waals surface area contributed by atoms with E-state index in [-0.39, 0.29) is 41.3 Å². The monoisotopic (exact) mass is 629 g/mol. The minimum atomic E-state index is -3.31. The maximum absolute atomic E-state index is 15.7. The van der Waals surface area contributed by atoms with Crippen LogP contribution in [-0.2, 0) is 36.7 Å². The summed E-state index contributed by atoms with van der Waals surface area (Å²) in [5, 5.41) is 0. The first kappa shape index (κ1) is 27.5. The predicted octanol–water partition coefficient (Wildman–Crippen LogP) is -0.0454. The maximum Gasteiger partial charge on any atom is 0.319 e. The average molecular weight is 629 g/mol. The number of imidazole rings is 2. The molecule has 224 valence electrons. The van der Waals surface area contributed by atoms with Crippen LogP contribution in [0.2, 0.25) is 0 Å². The van der Waals surface area contributed by atoms with Gasteiger partial charge in [-0.2, -0.15) is 4.98 Å². The molecule has 2 bridgehead atoms. The minimum absolute atomic E-state index is 0.00626. The van der Waals surface area contributed by atoms with E-state index in [1.54, 1.807) is 0 Å². The van der Waals surface area contributed by atoms with Gasteiger partial charge in [0, 0.05) is 6.42 Å². The number of halogens is 1. The summed E-state index contributed by atoms with van der Waals surface area (Å²) in [6.45, 7) is -0.728. The van der Waals surface area contributed by atoms with Gasteiger partial charge in [-0.3, -0.25) is 32.8 Å². The van der Waals surface area contributed by atoms with E-state index >= 15 is 4.39 Å². The second kappa shape index (κ2) is 10.7. The number of nitrogens with two attached hydrogens (primary N) is 1. The number of hydrogen-bond donors (Lipinski definition) is 3. The molecule has 42 heavy (non-hydrogen) atoms. The van der Waals surface area contributed by atoms with Crippen LogP contribution in [0, 0.1) is 0 Å². The number of aromatic nitrogens is 8.